The lowest BCUT2D eigenvalue weighted by Crippen LogP contribution is -2.15. The molecule has 5 rings (SSSR count). The Morgan fingerprint density at radius 1 is 1.19 bits per heavy atom. The number of fused-ring (bicyclic) bond motifs is 2. The summed E-state index contributed by atoms with van der Waals surface area (Å²) in [5, 5.41) is 16.3. The van der Waals surface area contributed by atoms with Gasteiger partial charge in [0.2, 0.25) is 5.95 Å². The lowest BCUT2D eigenvalue weighted by molar-refractivity contribution is 0.694. The van der Waals surface area contributed by atoms with Crippen LogP contribution in [0.2, 0.25) is 0 Å². The fourth-order valence-corrected chi connectivity index (χ4v) is 3.26. The summed E-state index contributed by atoms with van der Waals surface area (Å²) >= 11 is 0. The van der Waals surface area contributed by atoms with Gasteiger partial charge in [0.25, 0.3) is 5.56 Å². The van der Waals surface area contributed by atoms with E-state index in [2.05, 4.69) is 35.1 Å². The summed E-state index contributed by atoms with van der Waals surface area (Å²) in [6.07, 6.45) is 3.59. The van der Waals surface area contributed by atoms with Crippen molar-refractivity contribution in [2.24, 2.45) is 0 Å². The summed E-state index contributed by atoms with van der Waals surface area (Å²) < 4.78 is 3.77. The van der Waals surface area contributed by atoms with Crippen LogP contribution >= 0.6 is 0 Å². The van der Waals surface area contributed by atoms with Crippen LogP contribution in [-0.2, 0) is 19.5 Å². The Hall–Kier alpha value is -3.49. The van der Waals surface area contributed by atoms with E-state index in [-0.39, 0.29) is 5.56 Å². The normalized spacial score (nSPS) is 13.2. The maximum atomic E-state index is 12.4. The fraction of sp³-hybridized carbons (Fsp3) is 0.235. The van der Waals surface area contributed by atoms with Gasteiger partial charge in [-0.3, -0.25) is 9.78 Å². The van der Waals surface area contributed by atoms with Crippen molar-refractivity contribution >= 4 is 17.0 Å². The topological polar surface area (TPSA) is 106 Å². The number of anilines is 1. The molecule has 0 fully saturated rings. The van der Waals surface area contributed by atoms with Crippen molar-refractivity contribution in [2.45, 2.75) is 25.9 Å². The number of H-pyrrole nitrogens is 1. The Kier molecular flexibility index (Phi) is 3.30. The minimum absolute atomic E-state index is 0.230. The van der Waals surface area contributed by atoms with Crippen LogP contribution in [0.15, 0.2) is 41.3 Å². The predicted octanol–water partition coefficient (Wildman–Crippen LogP) is 1.26. The molecule has 3 aromatic heterocycles. The number of nitrogens with one attached hydrogen (secondary N) is 2. The summed E-state index contributed by atoms with van der Waals surface area (Å²) in [5.41, 5.74) is 1.13. The van der Waals surface area contributed by atoms with Crippen LogP contribution in [0.4, 0.5) is 5.95 Å². The maximum absolute atomic E-state index is 12.4. The van der Waals surface area contributed by atoms with Crippen molar-refractivity contribution in [2.75, 3.05) is 5.32 Å². The highest BCUT2D eigenvalue weighted by Gasteiger charge is 2.17. The second kappa shape index (κ2) is 5.80. The van der Waals surface area contributed by atoms with Crippen molar-refractivity contribution in [3.05, 3.63) is 58.5 Å². The molecule has 0 amide bonds. The number of aromatic amines is 1. The minimum atomic E-state index is -0.230. The predicted molar refractivity (Wildman–Crippen MR) is 95.2 cm³/mol. The smallest absolute Gasteiger partial charge is 0.263 e. The monoisotopic (exact) mass is 348 g/mol. The lowest BCUT2D eigenvalue weighted by atomic mass is 10.3. The van der Waals surface area contributed by atoms with Gasteiger partial charge in [0, 0.05) is 13.0 Å². The first-order valence-electron chi connectivity index (χ1n) is 8.48. The van der Waals surface area contributed by atoms with Crippen LogP contribution in [0.1, 0.15) is 18.1 Å². The molecule has 0 aliphatic carbocycles. The quantitative estimate of drug-likeness (QED) is 0.575. The molecule has 9 heteroatoms. The molecule has 4 aromatic rings. The van der Waals surface area contributed by atoms with Crippen molar-refractivity contribution in [1.29, 1.82) is 0 Å². The third kappa shape index (κ3) is 2.36. The third-order valence-corrected chi connectivity index (χ3v) is 4.54. The van der Waals surface area contributed by atoms with E-state index >= 15 is 0 Å². The molecule has 4 heterocycles. The van der Waals surface area contributed by atoms with Crippen molar-refractivity contribution in [3.8, 4) is 5.69 Å². The van der Waals surface area contributed by atoms with Crippen LogP contribution in [0.5, 0.6) is 0 Å². The first-order chi connectivity index (χ1) is 12.8. The van der Waals surface area contributed by atoms with E-state index in [1.807, 2.05) is 30.3 Å². The molecule has 1 aromatic carbocycles. The Bertz CT molecular complexity index is 1140. The molecule has 26 heavy (non-hydrogen) atoms. The molecular weight excluding hydrogens is 332 g/mol. The van der Waals surface area contributed by atoms with Crippen LogP contribution in [0, 0.1) is 0 Å². The van der Waals surface area contributed by atoms with E-state index < -0.39 is 0 Å². The van der Waals surface area contributed by atoms with Gasteiger partial charge in [-0.2, -0.15) is 10.1 Å². The van der Waals surface area contributed by atoms with Crippen molar-refractivity contribution in [3.63, 3.8) is 0 Å². The van der Waals surface area contributed by atoms with Gasteiger partial charge in [0.05, 0.1) is 18.4 Å². The Balaban J connectivity index is 1.49. The average Bonchev–Trinajstić information content (AvgIpc) is 3.37. The summed E-state index contributed by atoms with van der Waals surface area (Å²) in [6.45, 7) is 1.38. The number of aryl methyl sites for hydroxylation is 1. The number of para-hydroxylation sites is 1. The number of rotatable bonds is 4. The third-order valence-electron chi connectivity index (χ3n) is 4.54. The van der Waals surface area contributed by atoms with Crippen LogP contribution < -0.4 is 10.9 Å². The molecule has 0 radical (unpaired) electrons. The number of aromatic nitrogens is 7. The summed E-state index contributed by atoms with van der Waals surface area (Å²) in [6, 6.07) is 9.60. The highest BCUT2D eigenvalue weighted by molar-refractivity contribution is 5.76. The minimum Gasteiger partial charge on any atom is -0.348 e. The first-order valence-corrected chi connectivity index (χ1v) is 8.48. The zero-order valence-corrected chi connectivity index (χ0v) is 13.9. The van der Waals surface area contributed by atoms with E-state index in [0.717, 1.165) is 36.7 Å². The molecule has 2 N–H and O–H groups in total. The van der Waals surface area contributed by atoms with Gasteiger partial charge in [-0.15, -0.1) is 10.2 Å². The lowest BCUT2D eigenvalue weighted by Gasteiger charge is -2.07. The van der Waals surface area contributed by atoms with Crippen LogP contribution in [0.25, 0.3) is 16.7 Å². The van der Waals surface area contributed by atoms with Crippen molar-refractivity contribution < 1.29 is 0 Å². The zero-order chi connectivity index (χ0) is 17.5. The van der Waals surface area contributed by atoms with E-state index in [4.69, 9.17) is 0 Å². The van der Waals surface area contributed by atoms with Gasteiger partial charge in [-0.05, 0) is 18.6 Å². The number of hydrogen-bond donors (Lipinski definition) is 2. The fourth-order valence-electron chi connectivity index (χ4n) is 3.26. The molecule has 0 unspecified atom stereocenters. The zero-order valence-electron chi connectivity index (χ0n) is 13.9. The molecule has 0 saturated heterocycles. The second-order valence-corrected chi connectivity index (χ2v) is 6.18. The molecule has 0 spiro atoms. The number of benzene rings is 1. The number of nitrogens with zero attached hydrogens (tertiary/aromatic N) is 6. The molecule has 1 aliphatic heterocycles. The Morgan fingerprint density at radius 3 is 2.96 bits per heavy atom. The second-order valence-electron chi connectivity index (χ2n) is 6.18. The molecule has 9 nitrogen and oxygen atoms in total. The summed E-state index contributed by atoms with van der Waals surface area (Å²) in [7, 11) is 0. The molecule has 0 saturated carbocycles. The Morgan fingerprint density at radius 2 is 2.08 bits per heavy atom. The van der Waals surface area contributed by atoms with Gasteiger partial charge < -0.3 is 9.88 Å². The van der Waals surface area contributed by atoms with E-state index in [1.165, 1.54) is 6.20 Å². The van der Waals surface area contributed by atoms with Gasteiger partial charge >= 0.3 is 0 Å². The molecule has 130 valence electrons. The number of hydrogen-bond acceptors (Lipinski definition) is 6. The Labute approximate surface area is 147 Å². The van der Waals surface area contributed by atoms with Crippen LogP contribution in [-0.4, -0.2) is 34.5 Å². The molecule has 0 bridgehead atoms. The first kappa shape index (κ1) is 14.8. The van der Waals surface area contributed by atoms with Crippen LogP contribution in [0.3, 0.4) is 0 Å². The van der Waals surface area contributed by atoms with Gasteiger partial charge in [0.15, 0.2) is 11.5 Å². The van der Waals surface area contributed by atoms with Gasteiger partial charge in [-0.25, -0.2) is 4.68 Å². The van der Waals surface area contributed by atoms with E-state index in [9.17, 15) is 4.79 Å². The summed E-state index contributed by atoms with van der Waals surface area (Å²) in [4.78, 5) is 19.7. The standard InChI is InChI=1S/C17H16N8O/c26-16-12-9-19-25(11-5-2-1-3-6-11)15(12)20-17(21-16)18-10-14-23-22-13-7-4-8-24(13)14/h1-3,5-6,9H,4,7-8,10H2,(H2,18,20,21,26). The molecule has 0 atom stereocenters. The molecular formula is C17H16N8O. The average molecular weight is 348 g/mol. The van der Waals surface area contributed by atoms with E-state index in [1.54, 1.807) is 4.68 Å². The highest BCUT2D eigenvalue weighted by Crippen LogP contribution is 2.16. The SMILES string of the molecule is O=c1[nH]c(NCc2nnc3n2CCC3)nc2c1cnn2-c1ccccc1. The largest absolute Gasteiger partial charge is 0.348 e. The van der Waals surface area contributed by atoms with Crippen molar-refractivity contribution in [1.82, 2.24) is 34.5 Å². The van der Waals surface area contributed by atoms with Gasteiger partial charge in [0.1, 0.15) is 11.2 Å². The molecule has 1 aliphatic rings. The van der Waals surface area contributed by atoms with Gasteiger partial charge in [-0.1, -0.05) is 18.2 Å². The summed E-state index contributed by atoms with van der Waals surface area (Å²) in [5.74, 6) is 2.24. The maximum Gasteiger partial charge on any atom is 0.263 e. The highest BCUT2D eigenvalue weighted by atomic mass is 16.1. The van der Waals surface area contributed by atoms with E-state index in [0.29, 0.717) is 23.5 Å².